The Hall–Kier alpha value is -1.55. The number of carbonyl (C=O) groups is 2. The molecule has 1 aromatic carbocycles. The van der Waals surface area contributed by atoms with Crippen molar-refractivity contribution in [1.29, 1.82) is 0 Å². The van der Waals surface area contributed by atoms with E-state index in [-0.39, 0.29) is 18.6 Å². The highest BCUT2D eigenvalue weighted by Crippen LogP contribution is 2.25. The van der Waals surface area contributed by atoms with Crippen LogP contribution in [0.2, 0.25) is 0 Å². The summed E-state index contributed by atoms with van der Waals surface area (Å²) >= 11 is 10.9. The first-order valence-corrected chi connectivity index (χ1v) is 9.79. The molecule has 0 aromatic heterocycles. The van der Waals surface area contributed by atoms with Gasteiger partial charge in [0.05, 0.1) is 18.8 Å². The predicted molar refractivity (Wildman–Crippen MR) is 111 cm³/mol. The van der Waals surface area contributed by atoms with Crippen molar-refractivity contribution in [3.8, 4) is 0 Å². The maximum atomic E-state index is 14.5. The van der Waals surface area contributed by atoms with Gasteiger partial charge in [0, 0.05) is 13.8 Å². The molecule has 7 nitrogen and oxygen atoms in total. The zero-order chi connectivity index (χ0) is 22.0. The van der Waals surface area contributed by atoms with E-state index in [0.717, 1.165) is 0 Å². The van der Waals surface area contributed by atoms with Crippen LogP contribution >= 0.6 is 23.2 Å². The van der Waals surface area contributed by atoms with Gasteiger partial charge in [-0.05, 0) is 31.4 Å². The summed E-state index contributed by atoms with van der Waals surface area (Å²) in [6, 6.07) is 4.24. The van der Waals surface area contributed by atoms with Gasteiger partial charge < -0.3 is 19.8 Å². The molecule has 1 heterocycles. The molecule has 0 saturated carbocycles. The number of cyclic esters (lactones) is 1. The summed E-state index contributed by atoms with van der Waals surface area (Å²) in [5.74, 6) is -1.18. The second-order valence-corrected chi connectivity index (χ2v) is 8.84. The van der Waals surface area contributed by atoms with Crippen LogP contribution in [0.25, 0.3) is 0 Å². The fraction of sp³-hybridized carbons (Fsp3) is 0.556. The van der Waals surface area contributed by atoms with Crippen LogP contribution in [0.3, 0.4) is 0 Å². The van der Waals surface area contributed by atoms with E-state index < -0.39 is 40.0 Å². The molecule has 1 saturated heterocycles. The van der Waals surface area contributed by atoms with E-state index in [4.69, 9.17) is 37.7 Å². The van der Waals surface area contributed by atoms with Gasteiger partial charge in [-0.1, -0.05) is 29.3 Å². The van der Waals surface area contributed by atoms with Crippen LogP contribution in [-0.2, 0) is 14.2 Å². The van der Waals surface area contributed by atoms with E-state index in [1.54, 1.807) is 33.8 Å². The van der Waals surface area contributed by atoms with Gasteiger partial charge >= 0.3 is 13.6 Å². The summed E-state index contributed by atoms with van der Waals surface area (Å²) in [6.07, 6.45) is -1.27. The van der Waals surface area contributed by atoms with Crippen LogP contribution < -0.4 is 15.7 Å². The highest BCUT2D eigenvalue weighted by molar-refractivity contribution is 6.53. The Balaban J connectivity index is 2.01. The number of hydrogen-bond donors (Lipinski definition) is 1. The molecule has 11 heteroatoms. The topological polar surface area (TPSA) is 90.8 Å². The van der Waals surface area contributed by atoms with Gasteiger partial charge in [0.2, 0.25) is 0 Å². The Morgan fingerprint density at radius 1 is 1.45 bits per heavy atom. The number of nitrogens with one attached hydrogen (secondary N) is 1. The third kappa shape index (κ3) is 5.98. The first kappa shape index (κ1) is 23.7. The highest BCUT2D eigenvalue weighted by atomic mass is 35.5. The molecule has 1 radical (unpaired) electrons. The first-order valence-electron chi connectivity index (χ1n) is 8.91. The van der Waals surface area contributed by atoms with Crippen LogP contribution in [-0.4, -0.2) is 59.8 Å². The van der Waals surface area contributed by atoms with Gasteiger partial charge in [-0.15, -0.1) is 0 Å². The van der Waals surface area contributed by atoms with E-state index in [9.17, 15) is 14.0 Å². The molecule has 1 aliphatic heterocycles. The fourth-order valence-electron chi connectivity index (χ4n) is 2.27. The lowest BCUT2D eigenvalue weighted by Crippen LogP contribution is -2.49. The number of anilines is 1. The first-order chi connectivity index (χ1) is 13.3. The Bertz CT molecular complexity index is 773. The monoisotopic (exact) mass is 448 g/mol. The standard InChI is InChI=1S/C18H23BCl2FN2O5/c1-17(2,27)18(3,4)29-19-12-6-5-10(7-13(12)22)24-9-11(28-16(24)26)8-23-15(25)14(20)21/h5-7,11,14,27H,8-9H2,1-4H3,(H,23,25)/p+1/t11-/m0/s1. The minimum Gasteiger partial charge on any atom is -0.442 e. The average Bonchev–Trinajstić information content (AvgIpc) is 2.98. The van der Waals surface area contributed by atoms with Crippen LogP contribution in [0, 0.1) is 5.82 Å². The number of nitrogens with zero attached hydrogens (tertiary/aromatic N) is 1. The Kier molecular flexibility index (Phi) is 7.43. The Labute approximate surface area is 179 Å². The predicted octanol–water partition coefficient (Wildman–Crippen LogP) is 1.61. The van der Waals surface area contributed by atoms with E-state index in [2.05, 4.69) is 5.32 Å². The number of benzene rings is 1. The number of rotatable bonds is 8. The smallest absolute Gasteiger partial charge is 0.414 e. The zero-order valence-electron chi connectivity index (χ0n) is 16.6. The molecule has 1 fully saturated rings. The lowest BCUT2D eigenvalue weighted by atomic mass is 9.82. The molecule has 0 aliphatic carbocycles. The second kappa shape index (κ2) is 9.08. The van der Waals surface area contributed by atoms with Crippen molar-refractivity contribution < 1.29 is 28.5 Å². The number of halogens is 3. The normalized spacial score (nSPS) is 17.5. The quantitative estimate of drug-likeness (QED) is 0.371. The number of ether oxygens (including phenoxy) is 1. The van der Waals surface area contributed by atoms with Crippen molar-refractivity contribution in [3.63, 3.8) is 0 Å². The van der Waals surface area contributed by atoms with E-state index in [1.807, 2.05) is 0 Å². The lowest BCUT2D eigenvalue weighted by molar-refractivity contribution is -0.119. The highest BCUT2D eigenvalue weighted by Gasteiger charge is 2.40. The summed E-state index contributed by atoms with van der Waals surface area (Å²) in [4.78, 5) is 23.5. The third-order valence-electron chi connectivity index (χ3n) is 4.86. The van der Waals surface area contributed by atoms with Crippen molar-refractivity contribution in [2.45, 2.75) is 49.8 Å². The average molecular weight is 449 g/mol. The molecular weight excluding hydrogens is 425 g/mol. The number of carbonyl (C=O) groups excluding carboxylic acids is 2. The minimum absolute atomic E-state index is 0.0389. The molecular formula is C18H24BCl2FN2O5+. The Morgan fingerprint density at radius 2 is 2.10 bits per heavy atom. The van der Waals surface area contributed by atoms with E-state index in [1.165, 1.54) is 24.5 Å². The number of alkyl halides is 2. The summed E-state index contributed by atoms with van der Waals surface area (Å²) in [5, 5.41) is 10.6. The van der Waals surface area contributed by atoms with Crippen molar-refractivity contribution in [3.05, 3.63) is 24.0 Å². The van der Waals surface area contributed by atoms with E-state index in [0.29, 0.717) is 5.69 Å². The molecule has 1 aromatic rings. The number of hydrogen-bond acceptors (Lipinski definition) is 4. The SMILES string of the molecule is CC(C)([OH2+])C(C)(C)O[B]c1ccc(N2C[C@H](CNC(=O)C(Cl)Cl)OC2=O)cc1F. The van der Waals surface area contributed by atoms with Gasteiger partial charge in [-0.3, -0.25) is 9.69 Å². The summed E-state index contributed by atoms with van der Waals surface area (Å²) in [6.45, 7) is 7.08. The summed E-state index contributed by atoms with van der Waals surface area (Å²) < 4.78 is 25.3. The third-order valence-corrected chi connectivity index (χ3v) is 5.25. The molecule has 0 unspecified atom stereocenters. The Morgan fingerprint density at radius 3 is 2.66 bits per heavy atom. The van der Waals surface area contributed by atoms with Crippen molar-refractivity contribution in [2.75, 3.05) is 18.0 Å². The summed E-state index contributed by atoms with van der Waals surface area (Å²) in [7, 11) is 1.27. The molecule has 1 aliphatic rings. The molecule has 1 atom stereocenters. The van der Waals surface area contributed by atoms with Crippen LogP contribution in [0.4, 0.5) is 14.9 Å². The maximum Gasteiger partial charge on any atom is 0.414 e. The van der Waals surface area contributed by atoms with Crippen molar-refractivity contribution >= 4 is 53.8 Å². The van der Waals surface area contributed by atoms with Gasteiger partial charge in [0.15, 0.2) is 10.4 Å². The lowest BCUT2D eigenvalue weighted by Gasteiger charge is -2.33. The molecule has 2 amide bonds. The van der Waals surface area contributed by atoms with Crippen LogP contribution in [0.1, 0.15) is 27.7 Å². The van der Waals surface area contributed by atoms with Crippen LogP contribution in [0.15, 0.2) is 18.2 Å². The second-order valence-electron chi connectivity index (χ2n) is 7.74. The maximum absolute atomic E-state index is 14.5. The fourth-order valence-corrected chi connectivity index (χ4v) is 2.42. The molecule has 2 rings (SSSR count). The zero-order valence-corrected chi connectivity index (χ0v) is 18.1. The molecule has 3 N–H and O–H groups in total. The summed E-state index contributed by atoms with van der Waals surface area (Å²) in [5.41, 5.74) is -1.22. The van der Waals surface area contributed by atoms with Crippen molar-refractivity contribution in [1.82, 2.24) is 5.32 Å². The van der Waals surface area contributed by atoms with Crippen molar-refractivity contribution in [2.24, 2.45) is 0 Å². The molecule has 29 heavy (non-hydrogen) atoms. The molecule has 0 bridgehead atoms. The van der Waals surface area contributed by atoms with Gasteiger partial charge in [-0.25, -0.2) is 9.18 Å². The minimum atomic E-state index is -1.21. The van der Waals surface area contributed by atoms with Gasteiger partial charge in [0.25, 0.3) is 5.91 Å². The molecule has 0 spiro atoms. The largest absolute Gasteiger partial charge is 0.442 e. The number of amides is 2. The van der Waals surface area contributed by atoms with Gasteiger partial charge in [-0.2, -0.15) is 0 Å². The van der Waals surface area contributed by atoms with Crippen LogP contribution in [0.5, 0.6) is 0 Å². The van der Waals surface area contributed by atoms with Gasteiger partial charge in [0.1, 0.15) is 17.5 Å². The van der Waals surface area contributed by atoms with E-state index >= 15 is 0 Å². The molecule has 159 valence electrons.